The van der Waals surface area contributed by atoms with Gasteiger partial charge >= 0.3 is 0 Å². The fraction of sp³-hybridized carbons (Fsp3) is 0.414. The maximum Gasteiger partial charge on any atom is 0.186 e. The summed E-state index contributed by atoms with van der Waals surface area (Å²) in [5.74, 6) is 0.889. The van der Waals surface area contributed by atoms with Gasteiger partial charge in [0.15, 0.2) is 5.78 Å². The lowest BCUT2D eigenvalue weighted by Gasteiger charge is -2.42. The van der Waals surface area contributed by atoms with Crippen LogP contribution in [0.2, 0.25) is 0 Å². The van der Waals surface area contributed by atoms with Crippen LogP contribution in [0.1, 0.15) is 87.0 Å². The van der Waals surface area contributed by atoms with Crippen molar-refractivity contribution in [3.05, 3.63) is 81.9 Å². The van der Waals surface area contributed by atoms with Gasteiger partial charge in [-0.2, -0.15) is 0 Å². The summed E-state index contributed by atoms with van der Waals surface area (Å²) < 4.78 is 5.70. The van der Waals surface area contributed by atoms with E-state index < -0.39 is 0 Å². The third-order valence-electron chi connectivity index (χ3n) is 6.51. The molecule has 0 spiro atoms. The predicted octanol–water partition coefficient (Wildman–Crippen LogP) is 7.59. The molecule has 2 aromatic rings. The molecule has 0 fully saturated rings. The minimum atomic E-state index is 0.0587. The number of fused-ring (bicyclic) bond motifs is 1. The number of ketones is 1. The lowest BCUT2D eigenvalue weighted by Crippen LogP contribution is -2.34. The molecule has 2 heteroatoms. The van der Waals surface area contributed by atoms with Crippen LogP contribution in [0.4, 0.5) is 0 Å². The van der Waals surface area contributed by atoms with Gasteiger partial charge in [0.2, 0.25) is 0 Å². The molecule has 0 radical (unpaired) electrons. The van der Waals surface area contributed by atoms with Crippen molar-refractivity contribution in [3.8, 4) is 5.75 Å². The standard InChI is InChI=1S/C29H36O2/c1-20(2)14-17-31-23-11-8-22(9-12-23)10-13-27(30)24-19-26-25(18-21(24)3)28(4,5)15-16-29(26,6)7/h8-14,18-19H,15-17H2,1-7H3/b13-10+. The number of hydrogen-bond acceptors (Lipinski definition) is 2. The van der Waals surface area contributed by atoms with Crippen LogP contribution in [0.5, 0.6) is 5.75 Å². The van der Waals surface area contributed by atoms with E-state index in [1.807, 2.05) is 30.3 Å². The van der Waals surface area contributed by atoms with E-state index in [1.54, 1.807) is 6.08 Å². The first-order valence-corrected chi connectivity index (χ1v) is 11.2. The second-order valence-corrected chi connectivity index (χ2v) is 10.3. The van der Waals surface area contributed by atoms with Crippen molar-refractivity contribution < 1.29 is 9.53 Å². The molecule has 2 nitrogen and oxygen atoms in total. The van der Waals surface area contributed by atoms with Gasteiger partial charge in [-0.05, 0) is 97.0 Å². The fourth-order valence-electron chi connectivity index (χ4n) is 4.23. The molecule has 0 heterocycles. The van der Waals surface area contributed by atoms with Crippen LogP contribution in [0.3, 0.4) is 0 Å². The molecule has 164 valence electrons. The van der Waals surface area contributed by atoms with Crippen molar-refractivity contribution in [2.24, 2.45) is 0 Å². The zero-order valence-electron chi connectivity index (χ0n) is 20.1. The number of hydrogen-bond donors (Lipinski definition) is 0. The van der Waals surface area contributed by atoms with E-state index in [1.165, 1.54) is 23.1 Å². The molecule has 0 bridgehead atoms. The zero-order chi connectivity index (χ0) is 22.8. The molecule has 1 aliphatic carbocycles. The number of carbonyl (C=O) groups is 1. The van der Waals surface area contributed by atoms with Gasteiger partial charge in [0.05, 0.1) is 0 Å². The SMILES string of the molecule is CC(C)=CCOc1ccc(/C=C/C(=O)c2cc3c(cc2C)C(C)(C)CCC3(C)C)cc1. The summed E-state index contributed by atoms with van der Waals surface area (Å²) in [6.45, 7) is 16.0. The van der Waals surface area contributed by atoms with Gasteiger partial charge in [0, 0.05) is 5.56 Å². The number of allylic oxidation sites excluding steroid dienone is 2. The van der Waals surface area contributed by atoms with E-state index in [0.29, 0.717) is 6.61 Å². The van der Waals surface area contributed by atoms with Gasteiger partial charge in [-0.25, -0.2) is 0 Å². The lowest BCUT2D eigenvalue weighted by atomic mass is 9.62. The molecule has 0 saturated heterocycles. The molecule has 3 rings (SSSR count). The Bertz CT molecular complexity index is 1010. The van der Waals surface area contributed by atoms with Crippen molar-refractivity contribution in [1.29, 1.82) is 0 Å². The average molecular weight is 417 g/mol. The van der Waals surface area contributed by atoms with Gasteiger partial charge in [0.25, 0.3) is 0 Å². The summed E-state index contributed by atoms with van der Waals surface area (Å²) in [6.07, 6.45) is 7.94. The molecule has 0 unspecified atom stereocenters. The first kappa shape index (κ1) is 23.1. The normalized spacial score (nSPS) is 16.6. The van der Waals surface area contributed by atoms with Crippen LogP contribution < -0.4 is 4.74 Å². The number of carbonyl (C=O) groups excluding carboxylic acids is 1. The van der Waals surface area contributed by atoms with E-state index >= 15 is 0 Å². The Labute approximate surface area is 188 Å². The Morgan fingerprint density at radius 3 is 2.13 bits per heavy atom. The Morgan fingerprint density at radius 2 is 1.55 bits per heavy atom. The molecule has 2 aromatic carbocycles. The highest BCUT2D eigenvalue weighted by atomic mass is 16.5. The Kier molecular flexibility index (Phi) is 6.59. The zero-order valence-corrected chi connectivity index (χ0v) is 20.1. The molecule has 0 saturated carbocycles. The Hall–Kier alpha value is -2.61. The first-order valence-electron chi connectivity index (χ1n) is 11.2. The highest BCUT2D eigenvalue weighted by molar-refractivity contribution is 6.08. The summed E-state index contributed by atoms with van der Waals surface area (Å²) in [4.78, 5) is 13.1. The smallest absolute Gasteiger partial charge is 0.186 e. The van der Waals surface area contributed by atoms with E-state index in [2.05, 4.69) is 66.7 Å². The highest BCUT2D eigenvalue weighted by Crippen LogP contribution is 2.46. The lowest BCUT2D eigenvalue weighted by molar-refractivity contribution is 0.104. The molecule has 1 aliphatic rings. The van der Waals surface area contributed by atoms with Gasteiger partial charge in [-0.1, -0.05) is 57.5 Å². The summed E-state index contributed by atoms with van der Waals surface area (Å²) in [6, 6.07) is 12.2. The van der Waals surface area contributed by atoms with E-state index in [9.17, 15) is 4.79 Å². The third-order valence-corrected chi connectivity index (χ3v) is 6.51. The molecular formula is C29H36O2. The van der Waals surface area contributed by atoms with Crippen LogP contribution in [0.25, 0.3) is 6.08 Å². The van der Waals surface area contributed by atoms with Crippen LogP contribution in [0.15, 0.2) is 54.1 Å². The highest BCUT2D eigenvalue weighted by Gasteiger charge is 2.37. The quantitative estimate of drug-likeness (QED) is 0.275. The van der Waals surface area contributed by atoms with Gasteiger partial charge < -0.3 is 4.74 Å². The van der Waals surface area contributed by atoms with Crippen molar-refractivity contribution >= 4 is 11.9 Å². The molecule has 31 heavy (non-hydrogen) atoms. The van der Waals surface area contributed by atoms with Crippen molar-refractivity contribution in [3.63, 3.8) is 0 Å². The summed E-state index contributed by atoms with van der Waals surface area (Å²) in [5.41, 5.74) is 7.06. The molecule has 0 amide bonds. The van der Waals surface area contributed by atoms with Gasteiger partial charge in [-0.3, -0.25) is 4.79 Å². The average Bonchev–Trinajstić information content (AvgIpc) is 2.70. The fourth-order valence-corrected chi connectivity index (χ4v) is 4.23. The van der Waals surface area contributed by atoms with E-state index in [4.69, 9.17) is 4.74 Å². The second kappa shape index (κ2) is 8.86. The summed E-state index contributed by atoms with van der Waals surface area (Å²) in [5, 5.41) is 0. The minimum Gasteiger partial charge on any atom is -0.490 e. The van der Waals surface area contributed by atoms with Gasteiger partial charge in [-0.15, -0.1) is 0 Å². The largest absolute Gasteiger partial charge is 0.490 e. The predicted molar refractivity (Wildman–Crippen MR) is 131 cm³/mol. The number of benzene rings is 2. The molecule has 0 aliphatic heterocycles. The Morgan fingerprint density at radius 1 is 0.968 bits per heavy atom. The summed E-state index contributed by atoms with van der Waals surface area (Å²) >= 11 is 0. The summed E-state index contributed by atoms with van der Waals surface area (Å²) in [7, 11) is 0. The topological polar surface area (TPSA) is 26.3 Å². The molecule has 0 atom stereocenters. The van der Waals surface area contributed by atoms with Gasteiger partial charge in [0.1, 0.15) is 12.4 Å². The Balaban J connectivity index is 1.79. The number of aryl methyl sites for hydroxylation is 1. The van der Waals surface area contributed by atoms with E-state index in [-0.39, 0.29) is 16.6 Å². The van der Waals surface area contributed by atoms with Crippen molar-refractivity contribution in [2.45, 2.75) is 72.1 Å². The van der Waals surface area contributed by atoms with Crippen LogP contribution in [-0.2, 0) is 10.8 Å². The monoisotopic (exact) mass is 416 g/mol. The minimum absolute atomic E-state index is 0.0587. The molecule has 0 aromatic heterocycles. The molecule has 0 N–H and O–H groups in total. The van der Waals surface area contributed by atoms with E-state index in [0.717, 1.165) is 28.9 Å². The van der Waals surface area contributed by atoms with Crippen molar-refractivity contribution in [2.75, 3.05) is 6.61 Å². The molecular weight excluding hydrogens is 380 g/mol. The number of ether oxygens (including phenoxy) is 1. The second-order valence-electron chi connectivity index (χ2n) is 10.3. The van der Waals surface area contributed by atoms with Crippen LogP contribution in [0, 0.1) is 6.92 Å². The first-order chi connectivity index (χ1) is 14.5. The maximum atomic E-state index is 13.1. The third kappa shape index (κ3) is 5.36. The van der Waals surface area contributed by atoms with Crippen molar-refractivity contribution in [1.82, 2.24) is 0 Å². The number of rotatable bonds is 6. The van der Waals surface area contributed by atoms with Crippen LogP contribution >= 0.6 is 0 Å². The maximum absolute atomic E-state index is 13.1. The van der Waals surface area contributed by atoms with Crippen LogP contribution in [-0.4, -0.2) is 12.4 Å².